The Hall–Kier alpha value is -1.27. The van der Waals surface area contributed by atoms with E-state index in [9.17, 15) is 9.18 Å². The first-order chi connectivity index (χ1) is 9.86. The molecule has 0 aliphatic carbocycles. The average Bonchev–Trinajstić information content (AvgIpc) is 2.41. The highest BCUT2D eigenvalue weighted by molar-refractivity contribution is 8.00. The quantitative estimate of drug-likeness (QED) is 0.842. The molecule has 1 aromatic carbocycles. The molecule has 4 nitrogen and oxygen atoms in total. The Labute approximate surface area is 129 Å². The number of hydrogen-bond donors (Lipinski definition) is 2. The van der Waals surface area contributed by atoms with E-state index in [1.54, 1.807) is 0 Å². The summed E-state index contributed by atoms with van der Waals surface area (Å²) in [6, 6.07) is 4.00. The number of carbonyl (C=O) groups excluding carboxylic acids is 1. The Morgan fingerprint density at radius 2 is 2.05 bits per heavy atom. The smallest absolute Gasteiger partial charge is 0.241 e. The summed E-state index contributed by atoms with van der Waals surface area (Å²) < 4.78 is 13.1. The van der Waals surface area contributed by atoms with Gasteiger partial charge in [-0.05, 0) is 25.1 Å². The molecule has 3 atom stereocenters. The molecule has 21 heavy (non-hydrogen) atoms. The third kappa shape index (κ3) is 4.11. The van der Waals surface area contributed by atoms with E-state index >= 15 is 0 Å². The summed E-state index contributed by atoms with van der Waals surface area (Å²) >= 11 is 1.95. The molecule has 0 radical (unpaired) electrons. The predicted molar refractivity (Wildman–Crippen MR) is 87.0 cm³/mol. The third-order valence-electron chi connectivity index (χ3n) is 3.64. The minimum absolute atomic E-state index is 0.0390. The molecule has 2 rings (SSSR count). The normalized spacial score (nSPS) is 24.6. The molecular weight excluding hydrogens is 289 g/mol. The minimum Gasteiger partial charge on any atom is -0.396 e. The van der Waals surface area contributed by atoms with Crippen LogP contribution in [0.3, 0.4) is 0 Å². The van der Waals surface area contributed by atoms with E-state index in [2.05, 4.69) is 24.1 Å². The van der Waals surface area contributed by atoms with Crippen LogP contribution in [0, 0.1) is 5.82 Å². The van der Waals surface area contributed by atoms with E-state index in [1.165, 1.54) is 18.2 Å². The van der Waals surface area contributed by atoms with Crippen LogP contribution < -0.4 is 11.1 Å². The number of anilines is 2. The highest BCUT2D eigenvalue weighted by Crippen LogP contribution is 2.26. The maximum Gasteiger partial charge on any atom is 0.241 e. The van der Waals surface area contributed by atoms with Crippen LogP contribution in [0.25, 0.3) is 0 Å². The zero-order chi connectivity index (χ0) is 15.6. The molecule has 1 aliphatic rings. The van der Waals surface area contributed by atoms with Crippen molar-refractivity contribution in [1.29, 1.82) is 0 Å². The van der Waals surface area contributed by atoms with Crippen molar-refractivity contribution in [2.45, 2.75) is 37.3 Å². The second-order valence-electron chi connectivity index (χ2n) is 5.61. The minimum atomic E-state index is -0.475. The number of thioether (sulfide) groups is 1. The van der Waals surface area contributed by atoms with Crippen LogP contribution in [0.2, 0.25) is 0 Å². The zero-order valence-electron chi connectivity index (χ0n) is 12.6. The zero-order valence-corrected chi connectivity index (χ0v) is 13.4. The van der Waals surface area contributed by atoms with E-state index in [4.69, 9.17) is 5.73 Å². The summed E-state index contributed by atoms with van der Waals surface area (Å²) in [6.07, 6.45) is 0. The Balaban J connectivity index is 2.00. The van der Waals surface area contributed by atoms with E-state index < -0.39 is 5.82 Å². The maximum atomic E-state index is 13.1. The van der Waals surface area contributed by atoms with Gasteiger partial charge in [0.25, 0.3) is 0 Å². The number of nitrogens with zero attached hydrogens (tertiary/aromatic N) is 1. The van der Waals surface area contributed by atoms with Crippen LogP contribution in [0.5, 0.6) is 0 Å². The Bertz CT molecular complexity index is 516. The van der Waals surface area contributed by atoms with Gasteiger partial charge in [-0.3, -0.25) is 9.69 Å². The first kappa shape index (κ1) is 16.1. The fraction of sp³-hybridized carbons (Fsp3) is 0.533. The van der Waals surface area contributed by atoms with Gasteiger partial charge >= 0.3 is 0 Å². The van der Waals surface area contributed by atoms with E-state index in [1.807, 2.05) is 18.7 Å². The largest absolute Gasteiger partial charge is 0.396 e. The van der Waals surface area contributed by atoms with Crippen molar-refractivity contribution in [3.05, 3.63) is 24.0 Å². The first-order valence-corrected chi connectivity index (χ1v) is 8.06. The third-order valence-corrected chi connectivity index (χ3v) is 4.87. The molecule has 1 saturated heterocycles. The molecule has 1 amide bonds. The molecule has 3 N–H and O–H groups in total. The van der Waals surface area contributed by atoms with E-state index in [0.717, 1.165) is 13.1 Å². The predicted octanol–water partition coefficient (Wildman–Crippen LogP) is 2.56. The van der Waals surface area contributed by atoms with Crippen LogP contribution in [0.15, 0.2) is 18.2 Å². The summed E-state index contributed by atoms with van der Waals surface area (Å²) in [4.78, 5) is 14.5. The lowest BCUT2D eigenvalue weighted by atomic mass is 10.2. The van der Waals surface area contributed by atoms with Crippen LogP contribution in [0.1, 0.15) is 20.8 Å². The van der Waals surface area contributed by atoms with Crippen molar-refractivity contribution in [3.63, 3.8) is 0 Å². The summed E-state index contributed by atoms with van der Waals surface area (Å²) in [5.41, 5.74) is 6.08. The van der Waals surface area contributed by atoms with Gasteiger partial charge in [0, 0.05) is 29.3 Å². The van der Waals surface area contributed by atoms with E-state index in [-0.39, 0.29) is 17.6 Å². The van der Waals surface area contributed by atoms with Gasteiger partial charge in [0.05, 0.1) is 11.7 Å². The Morgan fingerprint density at radius 3 is 2.62 bits per heavy atom. The van der Waals surface area contributed by atoms with Gasteiger partial charge in [0.2, 0.25) is 5.91 Å². The second-order valence-corrected chi connectivity index (χ2v) is 7.49. The highest BCUT2D eigenvalue weighted by atomic mass is 32.2. The number of nitrogens with two attached hydrogens (primary N) is 1. The number of nitrogens with one attached hydrogen (secondary N) is 1. The summed E-state index contributed by atoms with van der Waals surface area (Å²) in [6.45, 7) is 8.05. The summed E-state index contributed by atoms with van der Waals surface area (Å²) in [7, 11) is 0. The topological polar surface area (TPSA) is 58.4 Å². The molecule has 1 fully saturated rings. The number of carbonyl (C=O) groups is 1. The monoisotopic (exact) mass is 311 g/mol. The molecule has 0 bridgehead atoms. The molecular formula is C15H22FN3OS. The lowest BCUT2D eigenvalue weighted by Gasteiger charge is -2.37. The lowest BCUT2D eigenvalue weighted by molar-refractivity contribution is -0.120. The van der Waals surface area contributed by atoms with Gasteiger partial charge < -0.3 is 11.1 Å². The average molecular weight is 311 g/mol. The summed E-state index contributed by atoms with van der Waals surface area (Å²) in [5.74, 6) is -0.566. The lowest BCUT2D eigenvalue weighted by Crippen LogP contribution is -2.49. The first-order valence-electron chi connectivity index (χ1n) is 7.12. The van der Waals surface area contributed by atoms with Gasteiger partial charge in [0.1, 0.15) is 5.82 Å². The summed E-state index contributed by atoms with van der Waals surface area (Å²) in [5, 5.41) is 3.84. The molecule has 1 aromatic rings. The standard InChI is InChI=1S/C15H22FN3OS/c1-9-7-19(8-10(2)21-9)11(3)15(20)18-12-4-5-13(16)14(17)6-12/h4-6,9-11H,7-8,17H2,1-3H3,(H,18,20). The van der Waals surface area contributed by atoms with Crippen molar-refractivity contribution >= 4 is 29.0 Å². The van der Waals surface area contributed by atoms with Crippen molar-refractivity contribution < 1.29 is 9.18 Å². The van der Waals surface area contributed by atoms with Crippen LogP contribution in [-0.2, 0) is 4.79 Å². The number of benzene rings is 1. The van der Waals surface area contributed by atoms with E-state index in [0.29, 0.717) is 16.2 Å². The van der Waals surface area contributed by atoms with Gasteiger partial charge in [0.15, 0.2) is 0 Å². The van der Waals surface area contributed by atoms with Crippen molar-refractivity contribution in [2.24, 2.45) is 0 Å². The van der Waals surface area contributed by atoms with Gasteiger partial charge in [-0.2, -0.15) is 11.8 Å². The molecule has 6 heteroatoms. The number of nitrogen functional groups attached to an aromatic ring is 1. The number of amides is 1. The molecule has 0 spiro atoms. The Kier molecular flexibility index (Phi) is 5.11. The van der Waals surface area contributed by atoms with Gasteiger partial charge in [-0.1, -0.05) is 13.8 Å². The molecule has 1 heterocycles. The van der Waals surface area contributed by atoms with Crippen molar-refractivity contribution in [2.75, 3.05) is 24.1 Å². The van der Waals surface area contributed by atoms with Crippen LogP contribution in [0.4, 0.5) is 15.8 Å². The maximum absolute atomic E-state index is 13.1. The fourth-order valence-electron chi connectivity index (χ4n) is 2.57. The molecule has 0 saturated carbocycles. The van der Waals surface area contributed by atoms with Gasteiger partial charge in [-0.15, -0.1) is 0 Å². The van der Waals surface area contributed by atoms with Crippen LogP contribution in [-0.4, -0.2) is 40.4 Å². The molecule has 1 aliphatic heterocycles. The van der Waals surface area contributed by atoms with Crippen LogP contribution >= 0.6 is 11.8 Å². The second kappa shape index (κ2) is 6.66. The number of hydrogen-bond acceptors (Lipinski definition) is 4. The number of halogens is 1. The Morgan fingerprint density at radius 1 is 1.43 bits per heavy atom. The fourth-order valence-corrected chi connectivity index (χ4v) is 3.92. The van der Waals surface area contributed by atoms with Crippen molar-refractivity contribution in [3.8, 4) is 0 Å². The van der Waals surface area contributed by atoms with Crippen molar-refractivity contribution in [1.82, 2.24) is 4.90 Å². The van der Waals surface area contributed by atoms with Gasteiger partial charge in [-0.25, -0.2) is 4.39 Å². The highest BCUT2D eigenvalue weighted by Gasteiger charge is 2.29. The molecule has 116 valence electrons. The number of rotatable bonds is 3. The molecule has 3 unspecified atom stereocenters. The molecule has 0 aromatic heterocycles. The SMILES string of the molecule is CC1CN(C(C)C(=O)Nc2ccc(F)c(N)c2)CC(C)S1.